The van der Waals surface area contributed by atoms with Gasteiger partial charge in [-0.15, -0.1) is 11.3 Å². The molecule has 2 aromatic heterocycles. The van der Waals surface area contributed by atoms with Crippen LogP contribution in [-0.4, -0.2) is 21.1 Å². The first kappa shape index (κ1) is 17.2. The van der Waals surface area contributed by atoms with Gasteiger partial charge in [0.05, 0.1) is 5.69 Å². The van der Waals surface area contributed by atoms with E-state index in [9.17, 15) is 4.79 Å². The van der Waals surface area contributed by atoms with Gasteiger partial charge in [-0.1, -0.05) is 11.8 Å². The number of thioether (sulfide) groups is 1. The minimum Gasteiger partial charge on any atom is -0.372 e. The van der Waals surface area contributed by atoms with E-state index in [0.29, 0.717) is 12.4 Å². The fourth-order valence-electron chi connectivity index (χ4n) is 1.93. The van der Waals surface area contributed by atoms with Crippen LogP contribution < -0.4 is 5.56 Å². The molecule has 2 heterocycles. The molecule has 0 aliphatic rings. The molecule has 2 aromatic rings. The molecule has 0 aliphatic heterocycles. The Labute approximate surface area is 138 Å². The third-order valence-electron chi connectivity index (χ3n) is 3.04. The van der Waals surface area contributed by atoms with Gasteiger partial charge in [0.2, 0.25) is 0 Å². The van der Waals surface area contributed by atoms with Crippen LogP contribution in [0.25, 0.3) is 0 Å². The molecule has 0 aliphatic carbocycles. The standard InChI is InChI=1S/C15H21N3O2S2/c1-5-20-11(4)14-16-12(8-21-14)9-22-15-17-13(19)6-7-18(15)10(2)3/h6-8,10-11H,5,9H2,1-4H3/t11-/m0/s1. The Morgan fingerprint density at radius 2 is 2.14 bits per heavy atom. The molecule has 2 rings (SSSR count). The molecule has 0 fully saturated rings. The Morgan fingerprint density at radius 3 is 2.82 bits per heavy atom. The van der Waals surface area contributed by atoms with Crippen molar-refractivity contribution in [1.82, 2.24) is 14.5 Å². The summed E-state index contributed by atoms with van der Waals surface area (Å²) in [4.78, 5) is 20.2. The molecule has 120 valence electrons. The van der Waals surface area contributed by atoms with Crippen LogP contribution >= 0.6 is 23.1 Å². The van der Waals surface area contributed by atoms with Crippen molar-refractivity contribution in [2.75, 3.05) is 6.61 Å². The highest BCUT2D eigenvalue weighted by Gasteiger charge is 2.12. The van der Waals surface area contributed by atoms with Gasteiger partial charge in [0, 0.05) is 36.0 Å². The summed E-state index contributed by atoms with van der Waals surface area (Å²) in [6.07, 6.45) is 1.82. The molecule has 0 amide bonds. The maximum Gasteiger partial charge on any atom is 0.273 e. The van der Waals surface area contributed by atoms with E-state index in [0.717, 1.165) is 15.9 Å². The highest BCUT2D eigenvalue weighted by Crippen LogP contribution is 2.26. The normalized spacial score (nSPS) is 12.8. The second-order valence-electron chi connectivity index (χ2n) is 5.11. The fourth-order valence-corrected chi connectivity index (χ4v) is 3.86. The molecule has 22 heavy (non-hydrogen) atoms. The average Bonchev–Trinajstić information content (AvgIpc) is 2.94. The van der Waals surface area contributed by atoms with Crippen LogP contribution in [0.1, 0.15) is 50.5 Å². The topological polar surface area (TPSA) is 57.0 Å². The first-order valence-electron chi connectivity index (χ1n) is 7.29. The van der Waals surface area contributed by atoms with Crippen molar-refractivity contribution in [3.8, 4) is 0 Å². The van der Waals surface area contributed by atoms with Crippen LogP contribution in [-0.2, 0) is 10.5 Å². The van der Waals surface area contributed by atoms with Crippen molar-refractivity contribution in [3.05, 3.63) is 38.7 Å². The van der Waals surface area contributed by atoms with Crippen LogP contribution in [0.2, 0.25) is 0 Å². The summed E-state index contributed by atoms with van der Waals surface area (Å²) in [5.41, 5.74) is 0.785. The molecule has 0 saturated heterocycles. The predicted octanol–water partition coefficient (Wildman–Crippen LogP) is 3.67. The number of nitrogens with zero attached hydrogens (tertiary/aromatic N) is 3. The van der Waals surface area contributed by atoms with E-state index >= 15 is 0 Å². The summed E-state index contributed by atoms with van der Waals surface area (Å²) >= 11 is 3.14. The SMILES string of the molecule is CCO[C@@H](C)c1nc(CSc2nc(=O)ccn2C(C)C)cs1. The largest absolute Gasteiger partial charge is 0.372 e. The molecule has 1 atom stereocenters. The van der Waals surface area contributed by atoms with E-state index in [1.165, 1.54) is 17.8 Å². The molecule has 0 saturated carbocycles. The molecular weight excluding hydrogens is 318 g/mol. The highest BCUT2D eigenvalue weighted by atomic mass is 32.2. The molecule has 0 spiro atoms. The summed E-state index contributed by atoms with van der Waals surface area (Å²) in [6, 6.07) is 1.76. The molecule has 0 aromatic carbocycles. The van der Waals surface area contributed by atoms with E-state index < -0.39 is 0 Å². The van der Waals surface area contributed by atoms with Crippen molar-refractivity contribution in [2.24, 2.45) is 0 Å². The zero-order valence-corrected chi connectivity index (χ0v) is 14.9. The molecule has 0 bridgehead atoms. The summed E-state index contributed by atoms with van der Waals surface area (Å²) in [5, 5.41) is 3.76. The van der Waals surface area contributed by atoms with Crippen molar-refractivity contribution >= 4 is 23.1 Å². The van der Waals surface area contributed by atoms with Crippen LogP contribution in [0.15, 0.2) is 27.6 Å². The van der Waals surface area contributed by atoms with E-state index in [4.69, 9.17) is 4.74 Å². The smallest absolute Gasteiger partial charge is 0.273 e. The fraction of sp³-hybridized carbons (Fsp3) is 0.533. The van der Waals surface area contributed by atoms with E-state index in [-0.39, 0.29) is 17.7 Å². The maximum absolute atomic E-state index is 11.5. The van der Waals surface area contributed by atoms with E-state index in [1.807, 2.05) is 23.8 Å². The molecule has 7 heteroatoms. The second-order valence-corrected chi connectivity index (χ2v) is 6.94. The number of ether oxygens (including phenoxy) is 1. The van der Waals surface area contributed by atoms with Gasteiger partial charge >= 0.3 is 0 Å². The zero-order valence-electron chi connectivity index (χ0n) is 13.3. The van der Waals surface area contributed by atoms with Gasteiger partial charge in [0.15, 0.2) is 5.16 Å². The Morgan fingerprint density at radius 1 is 1.36 bits per heavy atom. The quantitative estimate of drug-likeness (QED) is 0.569. The number of hydrogen-bond acceptors (Lipinski definition) is 6. The average molecular weight is 339 g/mol. The summed E-state index contributed by atoms with van der Waals surface area (Å²) < 4.78 is 7.56. The summed E-state index contributed by atoms with van der Waals surface area (Å²) in [5.74, 6) is 0.693. The van der Waals surface area contributed by atoms with Crippen molar-refractivity contribution < 1.29 is 4.74 Å². The van der Waals surface area contributed by atoms with E-state index in [1.54, 1.807) is 17.5 Å². The highest BCUT2D eigenvalue weighted by molar-refractivity contribution is 7.98. The van der Waals surface area contributed by atoms with Crippen LogP contribution in [0, 0.1) is 0 Å². The van der Waals surface area contributed by atoms with Crippen LogP contribution in [0.3, 0.4) is 0 Å². The first-order chi connectivity index (χ1) is 10.5. The van der Waals surface area contributed by atoms with Gasteiger partial charge in [-0.05, 0) is 27.7 Å². The lowest BCUT2D eigenvalue weighted by Gasteiger charge is -2.14. The molecular formula is C15H21N3O2S2. The molecule has 0 unspecified atom stereocenters. The van der Waals surface area contributed by atoms with Gasteiger partial charge in [0.1, 0.15) is 11.1 Å². The Hall–Kier alpha value is -1.18. The number of thiazole rings is 1. The van der Waals surface area contributed by atoms with Crippen molar-refractivity contribution in [3.63, 3.8) is 0 Å². The van der Waals surface area contributed by atoms with Crippen LogP contribution in [0.5, 0.6) is 0 Å². The first-order valence-corrected chi connectivity index (χ1v) is 9.15. The maximum atomic E-state index is 11.5. The molecule has 5 nitrogen and oxygen atoms in total. The summed E-state index contributed by atoms with van der Waals surface area (Å²) in [6.45, 7) is 8.81. The summed E-state index contributed by atoms with van der Waals surface area (Å²) in [7, 11) is 0. The van der Waals surface area contributed by atoms with Crippen molar-refractivity contribution in [1.29, 1.82) is 0 Å². The molecule has 0 radical (unpaired) electrons. The van der Waals surface area contributed by atoms with Gasteiger partial charge in [-0.3, -0.25) is 4.79 Å². The Kier molecular flexibility index (Phi) is 6.16. The lowest BCUT2D eigenvalue weighted by Crippen LogP contribution is -2.14. The third kappa shape index (κ3) is 4.41. The minimum absolute atomic E-state index is 0.0254. The van der Waals surface area contributed by atoms with Crippen LogP contribution in [0.4, 0.5) is 0 Å². The number of aromatic nitrogens is 3. The lowest BCUT2D eigenvalue weighted by molar-refractivity contribution is 0.0761. The predicted molar refractivity (Wildman–Crippen MR) is 90.6 cm³/mol. The monoisotopic (exact) mass is 339 g/mol. The second kappa shape index (κ2) is 7.89. The van der Waals surface area contributed by atoms with Gasteiger partial charge < -0.3 is 9.30 Å². The van der Waals surface area contributed by atoms with Gasteiger partial charge in [0.25, 0.3) is 5.56 Å². The van der Waals surface area contributed by atoms with Gasteiger partial charge in [-0.25, -0.2) is 4.98 Å². The lowest BCUT2D eigenvalue weighted by atomic mass is 10.4. The van der Waals surface area contributed by atoms with Gasteiger partial charge in [-0.2, -0.15) is 4.98 Å². The number of hydrogen-bond donors (Lipinski definition) is 0. The Bertz CT molecular complexity index is 667. The van der Waals surface area contributed by atoms with Crippen molar-refractivity contribution in [2.45, 2.75) is 50.8 Å². The molecule has 0 N–H and O–H groups in total. The Balaban J connectivity index is 2.07. The third-order valence-corrected chi connectivity index (χ3v) is 5.10. The number of rotatable bonds is 7. The minimum atomic E-state index is -0.205. The van der Waals surface area contributed by atoms with E-state index in [2.05, 4.69) is 23.8 Å². The zero-order chi connectivity index (χ0) is 16.1.